The molecule has 0 aliphatic heterocycles. The van der Waals surface area contributed by atoms with E-state index in [1.807, 2.05) is 0 Å². The maximum Gasteiger partial charge on any atom is 0.00471 e. The summed E-state index contributed by atoms with van der Waals surface area (Å²) in [6.07, 6.45) is 9.86. The SMILES string of the molecule is CN(CC1CC1)CC1(CN)CCCCC1. The number of nitrogens with two attached hydrogens (primary N) is 1. The predicted octanol–water partition coefficient (Wildman–Crippen LogP) is 2.24. The fraction of sp³-hybridized carbons (Fsp3) is 1.00. The Kier molecular flexibility index (Phi) is 3.68. The lowest BCUT2D eigenvalue weighted by Gasteiger charge is -2.39. The van der Waals surface area contributed by atoms with Crippen LogP contribution in [0.25, 0.3) is 0 Å². The van der Waals surface area contributed by atoms with Gasteiger partial charge < -0.3 is 10.6 Å². The molecule has 2 N–H and O–H groups in total. The van der Waals surface area contributed by atoms with Crippen molar-refractivity contribution in [3.8, 4) is 0 Å². The van der Waals surface area contributed by atoms with E-state index in [0.29, 0.717) is 5.41 Å². The van der Waals surface area contributed by atoms with Gasteiger partial charge in [0.25, 0.3) is 0 Å². The summed E-state index contributed by atoms with van der Waals surface area (Å²) in [4.78, 5) is 2.54. The van der Waals surface area contributed by atoms with Gasteiger partial charge in [-0.2, -0.15) is 0 Å². The van der Waals surface area contributed by atoms with Crippen molar-refractivity contribution in [1.29, 1.82) is 0 Å². The molecule has 0 bridgehead atoms. The molecule has 0 heterocycles. The molecular formula is C13H26N2. The van der Waals surface area contributed by atoms with E-state index in [0.717, 1.165) is 12.5 Å². The fourth-order valence-corrected chi connectivity index (χ4v) is 3.11. The smallest absolute Gasteiger partial charge is 0.00471 e. The normalized spacial score (nSPS) is 25.8. The zero-order valence-electron chi connectivity index (χ0n) is 10.2. The molecule has 2 nitrogen and oxygen atoms in total. The average molecular weight is 210 g/mol. The van der Waals surface area contributed by atoms with Crippen LogP contribution in [0, 0.1) is 11.3 Å². The van der Waals surface area contributed by atoms with Crippen LogP contribution in [0.2, 0.25) is 0 Å². The molecular weight excluding hydrogens is 184 g/mol. The first-order valence-corrected chi connectivity index (χ1v) is 6.63. The van der Waals surface area contributed by atoms with Crippen LogP contribution in [-0.2, 0) is 0 Å². The third kappa shape index (κ3) is 3.18. The van der Waals surface area contributed by atoms with Gasteiger partial charge in [-0.05, 0) is 50.6 Å². The van der Waals surface area contributed by atoms with Gasteiger partial charge in [0.1, 0.15) is 0 Å². The van der Waals surface area contributed by atoms with Gasteiger partial charge in [-0.15, -0.1) is 0 Å². The summed E-state index contributed by atoms with van der Waals surface area (Å²) in [5.74, 6) is 1.01. The van der Waals surface area contributed by atoms with Crippen molar-refractivity contribution >= 4 is 0 Å². The van der Waals surface area contributed by atoms with E-state index in [1.165, 1.54) is 58.0 Å². The topological polar surface area (TPSA) is 29.3 Å². The molecule has 0 amide bonds. The van der Waals surface area contributed by atoms with Crippen LogP contribution >= 0.6 is 0 Å². The Morgan fingerprint density at radius 3 is 2.40 bits per heavy atom. The van der Waals surface area contributed by atoms with Crippen LogP contribution in [0.3, 0.4) is 0 Å². The molecule has 0 spiro atoms. The number of rotatable bonds is 5. The fourth-order valence-electron chi connectivity index (χ4n) is 3.11. The minimum atomic E-state index is 0.460. The van der Waals surface area contributed by atoms with Gasteiger partial charge in [0.2, 0.25) is 0 Å². The molecule has 2 heteroatoms. The minimum absolute atomic E-state index is 0.460. The second kappa shape index (κ2) is 4.84. The maximum absolute atomic E-state index is 6.01. The van der Waals surface area contributed by atoms with E-state index >= 15 is 0 Å². The molecule has 0 aromatic heterocycles. The van der Waals surface area contributed by atoms with Crippen molar-refractivity contribution in [2.24, 2.45) is 17.1 Å². The standard InChI is InChI=1S/C13H26N2/c1-15(9-12-5-6-12)11-13(10-14)7-3-2-4-8-13/h12H,2-11,14H2,1H3. The highest BCUT2D eigenvalue weighted by Gasteiger charge is 2.33. The van der Waals surface area contributed by atoms with Crippen LogP contribution in [-0.4, -0.2) is 31.6 Å². The van der Waals surface area contributed by atoms with Crippen LogP contribution in [0.15, 0.2) is 0 Å². The van der Waals surface area contributed by atoms with Crippen LogP contribution in [0.1, 0.15) is 44.9 Å². The molecule has 88 valence electrons. The molecule has 2 aliphatic rings. The molecule has 2 fully saturated rings. The Morgan fingerprint density at radius 2 is 1.87 bits per heavy atom. The zero-order chi connectivity index (χ0) is 10.7. The predicted molar refractivity (Wildman–Crippen MR) is 64.8 cm³/mol. The summed E-state index contributed by atoms with van der Waals surface area (Å²) in [6.45, 7) is 3.43. The van der Waals surface area contributed by atoms with Gasteiger partial charge >= 0.3 is 0 Å². The van der Waals surface area contributed by atoms with Crippen molar-refractivity contribution in [3.05, 3.63) is 0 Å². The lowest BCUT2D eigenvalue weighted by Crippen LogP contribution is -2.43. The molecule has 2 rings (SSSR count). The minimum Gasteiger partial charge on any atom is -0.330 e. The summed E-state index contributed by atoms with van der Waals surface area (Å²) < 4.78 is 0. The Labute approximate surface area is 94.2 Å². The van der Waals surface area contributed by atoms with Gasteiger partial charge in [0, 0.05) is 13.1 Å². The van der Waals surface area contributed by atoms with Crippen molar-refractivity contribution < 1.29 is 0 Å². The molecule has 0 unspecified atom stereocenters. The third-order valence-electron chi connectivity index (χ3n) is 4.22. The third-order valence-corrected chi connectivity index (χ3v) is 4.22. The van der Waals surface area contributed by atoms with E-state index < -0.39 is 0 Å². The lowest BCUT2D eigenvalue weighted by atomic mass is 9.74. The second-order valence-electron chi connectivity index (χ2n) is 5.90. The first-order valence-electron chi connectivity index (χ1n) is 6.63. The molecule has 15 heavy (non-hydrogen) atoms. The number of nitrogens with zero attached hydrogens (tertiary/aromatic N) is 1. The van der Waals surface area contributed by atoms with Crippen molar-refractivity contribution in [1.82, 2.24) is 4.90 Å². The summed E-state index contributed by atoms with van der Waals surface area (Å²) in [7, 11) is 2.28. The van der Waals surface area contributed by atoms with Crippen molar-refractivity contribution in [2.75, 3.05) is 26.7 Å². The Bertz CT molecular complexity index is 193. The van der Waals surface area contributed by atoms with Crippen LogP contribution in [0.5, 0.6) is 0 Å². The molecule has 2 aliphatic carbocycles. The lowest BCUT2D eigenvalue weighted by molar-refractivity contribution is 0.125. The first kappa shape index (κ1) is 11.4. The van der Waals surface area contributed by atoms with Crippen molar-refractivity contribution in [2.45, 2.75) is 44.9 Å². The molecule has 0 atom stereocenters. The highest BCUT2D eigenvalue weighted by molar-refractivity contribution is 4.87. The maximum atomic E-state index is 6.01. The van der Waals surface area contributed by atoms with Gasteiger partial charge in [0.05, 0.1) is 0 Å². The molecule has 0 saturated heterocycles. The molecule has 0 aromatic rings. The quantitative estimate of drug-likeness (QED) is 0.754. The van der Waals surface area contributed by atoms with E-state index in [4.69, 9.17) is 5.73 Å². The largest absolute Gasteiger partial charge is 0.330 e. The first-order chi connectivity index (χ1) is 7.24. The van der Waals surface area contributed by atoms with Gasteiger partial charge in [-0.1, -0.05) is 19.3 Å². The summed E-state index contributed by atoms with van der Waals surface area (Å²) in [5, 5.41) is 0. The van der Waals surface area contributed by atoms with E-state index in [1.54, 1.807) is 0 Å². The molecule has 0 aromatic carbocycles. The number of hydrogen-bond acceptors (Lipinski definition) is 2. The zero-order valence-corrected chi connectivity index (χ0v) is 10.2. The summed E-state index contributed by atoms with van der Waals surface area (Å²) in [5.41, 5.74) is 6.47. The summed E-state index contributed by atoms with van der Waals surface area (Å²) in [6, 6.07) is 0. The van der Waals surface area contributed by atoms with Crippen LogP contribution in [0.4, 0.5) is 0 Å². The van der Waals surface area contributed by atoms with E-state index in [2.05, 4.69) is 11.9 Å². The Balaban J connectivity index is 1.81. The average Bonchev–Trinajstić information content (AvgIpc) is 3.03. The van der Waals surface area contributed by atoms with Gasteiger partial charge in [-0.3, -0.25) is 0 Å². The van der Waals surface area contributed by atoms with E-state index in [-0.39, 0.29) is 0 Å². The highest BCUT2D eigenvalue weighted by atomic mass is 15.1. The Morgan fingerprint density at radius 1 is 1.20 bits per heavy atom. The Hall–Kier alpha value is -0.0800. The van der Waals surface area contributed by atoms with Crippen LogP contribution < -0.4 is 5.73 Å². The molecule has 0 radical (unpaired) electrons. The van der Waals surface area contributed by atoms with Gasteiger partial charge in [-0.25, -0.2) is 0 Å². The second-order valence-corrected chi connectivity index (χ2v) is 5.90. The highest BCUT2D eigenvalue weighted by Crippen LogP contribution is 2.37. The summed E-state index contributed by atoms with van der Waals surface area (Å²) >= 11 is 0. The molecule has 2 saturated carbocycles. The number of hydrogen-bond donors (Lipinski definition) is 1. The monoisotopic (exact) mass is 210 g/mol. The van der Waals surface area contributed by atoms with E-state index in [9.17, 15) is 0 Å². The van der Waals surface area contributed by atoms with Gasteiger partial charge in [0.15, 0.2) is 0 Å². The van der Waals surface area contributed by atoms with Crippen molar-refractivity contribution in [3.63, 3.8) is 0 Å².